The van der Waals surface area contributed by atoms with Crippen LogP contribution in [0.25, 0.3) is 22.8 Å². The molecule has 5 heteroatoms. The van der Waals surface area contributed by atoms with Gasteiger partial charge in [-0.25, -0.2) is 0 Å². The molecule has 0 aliphatic carbocycles. The number of hydrogen-bond acceptors (Lipinski definition) is 5. The second-order valence-corrected chi connectivity index (χ2v) is 4.47. The van der Waals surface area contributed by atoms with Crippen LogP contribution >= 0.6 is 0 Å². The fraction of sp³-hybridized carbons (Fsp3) is 0.0667. The van der Waals surface area contributed by atoms with Crippen molar-refractivity contribution in [2.24, 2.45) is 0 Å². The molecular weight excluding hydrogens is 256 g/mol. The summed E-state index contributed by atoms with van der Waals surface area (Å²) in [6.07, 6.45) is 0. The molecule has 0 radical (unpaired) electrons. The fourth-order valence-corrected chi connectivity index (χ4v) is 1.89. The Kier molecular flexibility index (Phi) is 2.87. The van der Waals surface area contributed by atoms with Crippen molar-refractivity contribution in [1.29, 1.82) is 0 Å². The highest BCUT2D eigenvalue weighted by Crippen LogP contribution is 2.27. The number of benzene rings is 2. The van der Waals surface area contributed by atoms with E-state index in [1.807, 2.05) is 0 Å². The third-order valence-corrected chi connectivity index (χ3v) is 2.97. The van der Waals surface area contributed by atoms with Crippen LogP contribution in [0.4, 0.5) is 0 Å². The molecular formula is C15H12N2O3. The van der Waals surface area contributed by atoms with E-state index in [2.05, 4.69) is 10.1 Å². The molecule has 0 aliphatic rings. The third-order valence-electron chi connectivity index (χ3n) is 2.97. The lowest BCUT2D eigenvalue weighted by Crippen LogP contribution is -1.82. The molecule has 20 heavy (non-hydrogen) atoms. The first-order valence-corrected chi connectivity index (χ1v) is 6.06. The number of aromatic hydroxyl groups is 2. The summed E-state index contributed by atoms with van der Waals surface area (Å²) in [4.78, 5) is 4.29. The van der Waals surface area contributed by atoms with Gasteiger partial charge in [0.15, 0.2) is 0 Å². The summed E-state index contributed by atoms with van der Waals surface area (Å²) in [5, 5.41) is 22.9. The average molecular weight is 268 g/mol. The smallest absolute Gasteiger partial charge is 0.258 e. The van der Waals surface area contributed by atoms with Crippen molar-refractivity contribution in [3.63, 3.8) is 0 Å². The number of aromatic nitrogens is 2. The minimum absolute atomic E-state index is 0.148. The Morgan fingerprint density at radius 3 is 2.60 bits per heavy atom. The summed E-state index contributed by atoms with van der Waals surface area (Å²) in [6, 6.07) is 11.7. The van der Waals surface area contributed by atoms with E-state index in [1.54, 1.807) is 49.4 Å². The zero-order valence-corrected chi connectivity index (χ0v) is 10.7. The van der Waals surface area contributed by atoms with Gasteiger partial charge in [0.2, 0.25) is 5.82 Å². The topological polar surface area (TPSA) is 79.4 Å². The van der Waals surface area contributed by atoms with Gasteiger partial charge < -0.3 is 14.7 Å². The summed E-state index contributed by atoms with van der Waals surface area (Å²) in [5.41, 5.74) is 2.15. The number of nitrogens with zero attached hydrogens (tertiary/aromatic N) is 2. The molecule has 1 aromatic heterocycles. The van der Waals surface area contributed by atoms with Crippen LogP contribution in [0.2, 0.25) is 0 Å². The highest BCUT2D eigenvalue weighted by molar-refractivity contribution is 5.62. The predicted molar refractivity (Wildman–Crippen MR) is 73.2 cm³/mol. The number of phenolic OH excluding ortho intramolecular Hbond substituents is 2. The molecule has 0 saturated heterocycles. The van der Waals surface area contributed by atoms with Crippen molar-refractivity contribution >= 4 is 0 Å². The fourth-order valence-electron chi connectivity index (χ4n) is 1.89. The summed E-state index contributed by atoms with van der Waals surface area (Å²) < 4.78 is 5.22. The summed E-state index contributed by atoms with van der Waals surface area (Å²) in [7, 11) is 0. The monoisotopic (exact) mass is 268 g/mol. The first kappa shape index (κ1) is 12.2. The molecule has 3 aromatic rings. The van der Waals surface area contributed by atoms with Crippen molar-refractivity contribution in [3.05, 3.63) is 48.0 Å². The molecule has 0 spiro atoms. The molecule has 2 aromatic carbocycles. The second kappa shape index (κ2) is 4.70. The van der Waals surface area contributed by atoms with Crippen molar-refractivity contribution in [3.8, 4) is 34.3 Å². The first-order valence-electron chi connectivity index (χ1n) is 6.06. The van der Waals surface area contributed by atoms with Gasteiger partial charge in [0.1, 0.15) is 11.5 Å². The Bertz CT molecular complexity index is 765. The number of hydrogen-bond donors (Lipinski definition) is 2. The van der Waals surface area contributed by atoms with Crippen LogP contribution in [0.1, 0.15) is 5.56 Å². The molecule has 0 unspecified atom stereocenters. The van der Waals surface area contributed by atoms with E-state index in [0.717, 1.165) is 11.1 Å². The van der Waals surface area contributed by atoms with Crippen LogP contribution in [0.5, 0.6) is 11.5 Å². The van der Waals surface area contributed by atoms with Gasteiger partial charge >= 0.3 is 0 Å². The molecule has 5 nitrogen and oxygen atoms in total. The van der Waals surface area contributed by atoms with Gasteiger partial charge in [-0.2, -0.15) is 4.98 Å². The van der Waals surface area contributed by atoms with Crippen LogP contribution < -0.4 is 0 Å². The molecule has 3 rings (SSSR count). The third kappa shape index (κ3) is 2.21. The lowest BCUT2D eigenvalue weighted by molar-refractivity contribution is 0.432. The Balaban J connectivity index is 1.99. The van der Waals surface area contributed by atoms with Crippen molar-refractivity contribution in [2.75, 3.05) is 0 Å². The van der Waals surface area contributed by atoms with Crippen LogP contribution in [0, 0.1) is 6.92 Å². The van der Waals surface area contributed by atoms with E-state index >= 15 is 0 Å². The van der Waals surface area contributed by atoms with Gasteiger partial charge in [0.05, 0.1) is 0 Å². The van der Waals surface area contributed by atoms with Crippen LogP contribution in [-0.4, -0.2) is 20.4 Å². The van der Waals surface area contributed by atoms with Crippen LogP contribution in [0.3, 0.4) is 0 Å². The van der Waals surface area contributed by atoms with Gasteiger partial charge in [-0.1, -0.05) is 17.3 Å². The summed E-state index contributed by atoms with van der Waals surface area (Å²) in [6.45, 7) is 1.80. The van der Waals surface area contributed by atoms with Crippen molar-refractivity contribution in [1.82, 2.24) is 10.1 Å². The molecule has 0 saturated carbocycles. The number of aryl methyl sites for hydroxylation is 1. The maximum atomic E-state index is 9.51. The van der Waals surface area contributed by atoms with E-state index in [0.29, 0.717) is 17.3 Å². The average Bonchev–Trinajstić information content (AvgIpc) is 2.92. The normalized spacial score (nSPS) is 10.7. The van der Waals surface area contributed by atoms with Gasteiger partial charge in [-0.3, -0.25) is 0 Å². The van der Waals surface area contributed by atoms with Gasteiger partial charge in [-0.15, -0.1) is 0 Å². The molecule has 1 heterocycles. The van der Waals surface area contributed by atoms with E-state index in [9.17, 15) is 10.2 Å². The van der Waals surface area contributed by atoms with E-state index in [4.69, 9.17) is 4.52 Å². The highest BCUT2D eigenvalue weighted by Gasteiger charge is 2.11. The molecule has 0 bridgehead atoms. The lowest BCUT2D eigenvalue weighted by Gasteiger charge is -1.99. The maximum absolute atomic E-state index is 9.51. The Labute approximate surface area is 115 Å². The van der Waals surface area contributed by atoms with E-state index in [-0.39, 0.29) is 11.5 Å². The minimum atomic E-state index is 0.148. The lowest BCUT2D eigenvalue weighted by atomic mass is 10.1. The van der Waals surface area contributed by atoms with Gasteiger partial charge in [-0.05, 0) is 42.8 Å². The molecule has 2 N–H and O–H groups in total. The summed E-state index contributed by atoms with van der Waals surface area (Å²) >= 11 is 0. The highest BCUT2D eigenvalue weighted by atomic mass is 16.5. The molecule has 100 valence electrons. The molecule has 0 aliphatic heterocycles. The predicted octanol–water partition coefficient (Wildman–Crippen LogP) is 3.12. The maximum Gasteiger partial charge on any atom is 0.258 e. The second-order valence-electron chi connectivity index (χ2n) is 4.47. The number of phenols is 2. The van der Waals surface area contributed by atoms with Gasteiger partial charge in [0.25, 0.3) is 5.89 Å². The Morgan fingerprint density at radius 1 is 1.00 bits per heavy atom. The standard InChI is InChI=1S/C15H12N2O3/c1-9-7-11(5-6-13(9)19)15-16-14(17-20-15)10-3-2-4-12(18)8-10/h2-8,18-19H,1H3. The quantitative estimate of drug-likeness (QED) is 0.746. The van der Waals surface area contributed by atoms with Gasteiger partial charge in [0, 0.05) is 11.1 Å². The molecule has 0 atom stereocenters. The van der Waals surface area contributed by atoms with E-state index < -0.39 is 0 Å². The zero-order valence-electron chi connectivity index (χ0n) is 10.7. The SMILES string of the molecule is Cc1cc(-c2nc(-c3cccc(O)c3)no2)ccc1O. The van der Waals surface area contributed by atoms with E-state index in [1.165, 1.54) is 0 Å². The van der Waals surface area contributed by atoms with Crippen LogP contribution in [0.15, 0.2) is 47.0 Å². The Morgan fingerprint density at radius 2 is 1.85 bits per heavy atom. The van der Waals surface area contributed by atoms with Crippen molar-refractivity contribution < 1.29 is 14.7 Å². The summed E-state index contributed by atoms with van der Waals surface area (Å²) in [5.74, 6) is 1.14. The first-order chi connectivity index (χ1) is 9.63. The minimum Gasteiger partial charge on any atom is -0.508 e. The largest absolute Gasteiger partial charge is 0.508 e. The van der Waals surface area contributed by atoms with Crippen molar-refractivity contribution in [2.45, 2.75) is 6.92 Å². The molecule has 0 amide bonds. The Hall–Kier alpha value is -2.82. The molecule has 0 fully saturated rings. The zero-order chi connectivity index (χ0) is 14.1. The van der Waals surface area contributed by atoms with Crippen LogP contribution in [-0.2, 0) is 0 Å². The number of rotatable bonds is 2.